The summed E-state index contributed by atoms with van der Waals surface area (Å²) in [6.45, 7) is 1.44. The molecular formula is C14H13BrN4O4. The van der Waals surface area contributed by atoms with Gasteiger partial charge in [0.2, 0.25) is 0 Å². The zero-order chi connectivity index (χ0) is 16.4. The number of fused-ring (bicyclic) bond motifs is 1. The largest absolute Gasteiger partial charge is 0.444 e. The normalized spacial score (nSPS) is 14.4. The van der Waals surface area contributed by atoms with E-state index in [1.165, 1.54) is 6.20 Å². The Bertz CT molecular complexity index is 761. The summed E-state index contributed by atoms with van der Waals surface area (Å²) in [7, 11) is 0. The molecule has 0 bridgehead atoms. The van der Waals surface area contributed by atoms with Gasteiger partial charge in [-0.05, 0) is 23.1 Å². The summed E-state index contributed by atoms with van der Waals surface area (Å²) in [6.07, 6.45) is 1.32. The van der Waals surface area contributed by atoms with Gasteiger partial charge in [-0.3, -0.25) is 9.36 Å². The van der Waals surface area contributed by atoms with Gasteiger partial charge in [0, 0.05) is 28.1 Å². The zero-order valence-electron chi connectivity index (χ0n) is 12.0. The summed E-state index contributed by atoms with van der Waals surface area (Å²) in [5, 5.41) is 10.8. The first-order valence-electron chi connectivity index (χ1n) is 6.94. The van der Waals surface area contributed by atoms with Gasteiger partial charge in [0.15, 0.2) is 0 Å². The standard InChI is InChI=1S/C14H13BrN4O4/c15-11-3-1-2-10(8-11)13(20)17-4-5-18-9-12(19(21)22)16-14(18)23-7-6-17/h1-3,8-9H,4-7H2. The average Bonchev–Trinajstić information content (AvgIpc) is 2.89. The molecule has 3 rings (SSSR count). The van der Waals surface area contributed by atoms with Crippen molar-refractivity contribution in [3.63, 3.8) is 0 Å². The molecule has 0 spiro atoms. The lowest BCUT2D eigenvalue weighted by molar-refractivity contribution is -0.389. The fourth-order valence-electron chi connectivity index (χ4n) is 2.34. The lowest BCUT2D eigenvalue weighted by atomic mass is 10.2. The molecule has 0 N–H and O–H groups in total. The fraction of sp³-hybridized carbons (Fsp3) is 0.286. The van der Waals surface area contributed by atoms with E-state index in [0.29, 0.717) is 25.2 Å². The maximum Gasteiger partial charge on any atom is 0.414 e. The van der Waals surface area contributed by atoms with Gasteiger partial charge in [-0.25, -0.2) is 0 Å². The molecule has 0 radical (unpaired) electrons. The molecule has 1 amide bonds. The number of carbonyl (C=O) groups is 1. The molecule has 0 saturated carbocycles. The first kappa shape index (κ1) is 15.5. The topological polar surface area (TPSA) is 90.5 Å². The minimum absolute atomic E-state index is 0.104. The van der Waals surface area contributed by atoms with Gasteiger partial charge < -0.3 is 19.8 Å². The first-order valence-corrected chi connectivity index (χ1v) is 7.73. The predicted molar refractivity (Wildman–Crippen MR) is 84.4 cm³/mol. The van der Waals surface area contributed by atoms with Crippen LogP contribution in [0, 0.1) is 10.1 Å². The van der Waals surface area contributed by atoms with E-state index in [1.807, 2.05) is 6.07 Å². The number of ether oxygens (including phenoxy) is 1. The third-order valence-electron chi connectivity index (χ3n) is 3.48. The molecule has 0 aliphatic carbocycles. The van der Waals surface area contributed by atoms with Gasteiger partial charge in [-0.1, -0.05) is 22.0 Å². The molecule has 0 atom stereocenters. The highest BCUT2D eigenvalue weighted by molar-refractivity contribution is 9.10. The summed E-state index contributed by atoms with van der Waals surface area (Å²) >= 11 is 3.35. The van der Waals surface area contributed by atoms with Crippen molar-refractivity contribution in [3.8, 4) is 6.01 Å². The second-order valence-corrected chi connectivity index (χ2v) is 5.90. The Balaban J connectivity index is 1.77. The van der Waals surface area contributed by atoms with Gasteiger partial charge >= 0.3 is 11.8 Å². The van der Waals surface area contributed by atoms with Crippen LogP contribution in [-0.4, -0.2) is 45.0 Å². The molecule has 2 aromatic rings. The van der Waals surface area contributed by atoms with Crippen molar-refractivity contribution in [2.24, 2.45) is 0 Å². The molecule has 1 aromatic heterocycles. The highest BCUT2D eigenvalue weighted by Crippen LogP contribution is 2.20. The summed E-state index contributed by atoms with van der Waals surface area (Å²) in [6, 6.07) is 7.38. The van der Waals surface area contributed by atoms with E-state index < -0.39 is 4.92 Å². The summed E-state index contributed by atoms with van der Waals surface area (Å²) in [5.74, 6) is -0.361. The SMILES string of the molecule is O=C(c1cccc(Br)c1)N1CCOc2nc([N+](=O)[O-])cn2CC1. The van der Waals surface area contributed by atoms with Gasteiger partial charge in [0.05, 0.1) is 6.54 Å². The molecule has 23 heavy (non-hydrogen) atoms. The van der Waals surface area contributed by atoms with Crippen molar-refractivity contribution in [2.75, 3.05) is 19.7 Å². The molecular weight excluding hydrogens is 368 g/mol. The molecule has 0 unspecified atom stereocenters. The van der Waals surface area contributed by atoms with Crippen LogP contribution in [0.5, 0.6) is 6.01 Å². The van der Waals surface area contributed by atoms with Crippen LogP contribution in [-0.2, 0) is 6.54 Å². The van der Waals surface area contributed by atoms with Crippen LogP contribution in [0.4, 0.5) is 5.82 Å². The molecule has 1 aromatic carbocycles. The molecule has 2 heterocycles. The minimum atomic E-state index is -0.564. The molecule has 120 valence electrons. The number of carbonyl (C=O) groups excluding carboxylic acids is 1. The quantitative estimate of drug-likeness (QED) is 0.587. The number of amides is 1. The van der Waals surface area contributed by atoms with E-state index in [0.717, 1.165) is 4.47 Å². The smallest absolute Gasteiger partial charge is 0.414 e. The second kappa shape index (κ2) is 6.37. The summed E-state index contributed by atoms with van der Waals surface area (Å²) < 4.78 is 7.83. The van der Waals surface area contributed by atoms with Gasteiger partial charge in [-0.15, -0.1) is 0 Å². The highest BCUT2D eigenvalue weighted by atomic mass is 79.9. The molecule has 9 heteroatoms. The Labute approximate surface area is 140 Å². The van der Waals surface area contributed by atoms with Gasteiger partial charge in [0.1, 0.15) is 12.8 Å². The maximum atomic E-state index is 12.6. The van der Waals surface area contributed by atoms with Crippen molar-refractivity contribution in [1.29, 1.82) is 0 Å². The molecule has 0 fully saturated rings. The molecule has 0 saturated heterocycles. The number of hydrogen-bond donors (Lipinski definition) is 0. The van der Waals surface area contributed by atoms with Crippen molar-refractivity contribution in [3.05, 3.63) is 50.6 Å². The number of benzene rings is 1. The lowest BCUT2D eigenvalue weighted by Crippen LogP contribution is -2.38. The van der Waals surface area contributed by atoms with Crippen LogP contribution in [0.1, 0.15) is 10.4 Å². The monoisotopic (exact) mass is 380 g/mol. The van der Waals surface area contributed by atoms with Gasteiger partial charge in [0.25, 0.3) is 5.91 Å². The van der Waals surface area contributed by atoms with E-state index in [-0.39, 0.29) is 24.3 Å². The first-order chi connectivity index (χ1) is 11.0. The lowest BCUT2D eigenvalue weighted by Gasteiger charge is -2.24. The number of aromatic nitrogens is 2. The van der Waals surface area contributed by atoms with Crippen molar-refractivity contribution < 1.29 is 14.5 Å². The Kier molecular flexibility index (Phi) is 4.28. The van der Waals surface area contributed by atoms with Crippen LogP contribution in [0.3, 0.4) is 0 Å². The summed E-state index contributed by atoms with van der Waals surface area (Å²) in [4.78, 5) is 28.3. The number of imidazole rings is 1. The number of nitro groups is 1. The molecule has 8 nitrogen and oxygen atoms in total. The Morgan fingerprint density at radius 1 is 1.35 bits per heavy atom. The number of halogens is 1. The van der Waals surface area contributed by atoms with Gasteiger partial charge in [-0.2, -0.15) is 0 Å². The van der Waals surface area contributed by atoms with E-state index in [4.69, 9.17) is 4.74 Å². The highest BCUT2D eigenvalue weighted by Gasteiger charge is 2.24. The van der Waals surface area contributed by atoms with E-state index >= 15 is 0 Å². The summed E-state index contributed by atoms with van der Waals surface area (Å²) in [5.41, 5.74) is 0.580. The van der Waals surface area contributed by atoms with Crippen LogP contribution >= 0.6 is 15.9 Å². The maximum absolute atomic E-state index is 12.6. The third-order valence-corrected chi connectivity index (χ3v) is 3.97. The Morgan fingerprint density at radius 3 is 2.91 bits per heavy atom. The van der Waals surface area contributed by atoms with E-state index in [1.54, 1.807) is 27.7 Å². The average molecular weight is 381 g/mol. The van der Waals surface area contributed by atoms with Crippen molar-refractivity contribution in [1.82, 2.24) is 14.5 Å². The number of hydrogen-bond acceptors (Lipinski definition) is 5. The Hall–Kier alpha value is -2.42. The van der Waals surface area contributed by atoms with Crippen molar-refractivity contribution >= 4 is 27.7 Å². The van der Waals surface area contributed by atoms with Crippen molar-refractivity contribution in [2.45, 2.75) is 6.54 Å². The number of nitrogens with zero attached hydrogens (tertiary/aromatic N) is 4. The van der Waals surface area contributed by atoms with Crippen LogP contribution in [0.15, 0.2) is 34.9 Å². The van der Waals surface area contributed by atoms with Crippen LogP contribution in [0.2, 0.25) is 0 Å². The van der Waals surface area contributed by atoms with E-state index in [9.17, 15) is 14.9 Å². The molecule has 1 aliphatic rings. The van der Waals surface area contributed by atoms with E-state index in [2.05, 4.69) is 20.9 Å². The Morgan fingerprint density at radius 2 is 2.17 bits per heavy atom. The number of rotatable bonds is 2. The van der Waals surface area contributed by atoms with Crippen LogP contribution in [0.25, 0.3) is 0 Å². The fourth-order valence-corrected chi connectivity index (χ4v) is 2.74. The predicted octanol–water partition coefficient (Wildman–Crippen LogP) is 2.09. The third kappa shape index (κ3) is 3.34. The second-order valence-electron chi connectivity index (χ2n) is 4.98. The molecule has 1 aliphatic heterocycles. The minimum Gasteiger partial charge on any atom is -0.444 e. The zero-order valence-corrected chi connectivity index (χ0v) is 13.6. The van der Waals surface area contributed by atoms with Crippen LogP contribution < -0.4 is 4.74 Å².